The van der Waals surface area contributed by atoms with Crippen LogP contribution in [0.4, 0.5) is 0 Å². The van der Waals surface area contributed by atoms with Crippen LogP contribution in [0, 0.1) is 0 Å². The number of amides is 2. The lowest BCUT2D eigenvalue weighted by atomic mass is 9.86. The first-order chi connectivity index (χ1) is 12.5. The molecule has 2 amide bonds. The lowest BCUT2D eigenvalue weighted by molar-refractivity contribution is -0.146. The summed E-state index contributed by atoms with van der Waals surface area (Å²) in [5.74, 6) is 0.612. The minimum atomic E-state index is -0.732. The Bertz CT molecular complexity index is 735. The first kappa shape index (κ1) is 18.0. The van der Waals surface area contributed by atoms with E-state index in [1.165, 1.54) is 0 Å². The molecular weight excluding hydrogens is 332 g/mol. The van der Waals surface area contributed by atoms with Crippen LogP contribution in [0.25, 0.3) is 0 Å². The number of likely N-dealkylation sites (tertiary alicyclic amines) is 1. The average molecular weight is 356 g/mol. The van der Waals surface area contributed by atoms with Crippen LogP contribution in [-0.4, -0.2) is 65.2 Å². The number of benzene rings is 1. The fourth-order valence-electron chi connectivity index (χ4n) is 3.36. The minimum absolute atomic E-state index is 0.000407. The molecule has 0 unspecified atom stereocenters. The molecule has 1 saturated heterocycles. The smallest absolute Gasteiger partial charge is 0.260 e. The second-order valence-electron chi connectivity index (χ2n) is 6.66. The van der Waals surface area contributed by atoms with E-state index >= 15 is 0 Å². The number of carbonyl (C=O) groups excluding carboxylic acids is 2. The van der Waals surface area contributed by atoms with Crippen LogP contribution in [0.5, 0.6) is 5.75 Å². The molecule has 0 saturated carbocycles. The highest BCUT2D eigenvalue weighted by atomic mass is 16.5. The summed E-state index contributed by atoms with van der Waals surface area (Å²) in [6.45, 7) is 0.993. The van der Waals surface area contributed by atoms with Gasteiger partial charge in [0.25, 0.3) is 5.91 Å². The molecule has 1 aromatic heterocycles. The topological polar surface area (TPSA) is 67.7 Å². The van der Waals surface area contributed by atoms with Gasteiger partial charge in [-0.3, -0.25) is 14.3 Å². The first-order valence-corrected chi connectivity index (χ1v) is 8.70. The van der Waals surface area contributed by atoms with Crippen molar-refractivity contribution in [2.24, 2.45) is 0 Å². The number of aromatic nitrogens is 2. The number of para-hydroxylation sites is 1. The van der Waals surface area contributed by atoms with Crippen molar-refractivity contribution < 1.29 is 14.3 Å². The van der Waals surface area contributed by atoms with Crippen molar-refractivity contribution in [3.63, 3.8) is 0 Å². The Kier molecular flexibility index (Phi) is 5.25. The molecule has 0 atom stereocenters. The monoisotopic (exact) mass is 356 g/mol. The maximum Gasteiger partial charge on any atom is 0.260 e. The minimum Gasteiger partial charge on any atom is -0.484 e. The van der Waals surface area contributed by atoms with Crippen molar-refractivity contribution >= 4 is 11.8 Å². The highest BCUT2D eigenvalue weighted by Crippen LogP contribution is 2.31. The lowest BCUT2D eigenvalue weighted by Gasteiger charge is -2.41. The summed E-state index contributed by atoms with van der Waals surface area (Å²) in [7, 11) is 3.50. The van der Waals surface area contributed by atoms with Crippen molar-refractivity contribution in [2.45, 2.75) is 18.4 Å². The Morgan fingerprint density at radius 1 is 1.15 bits per heavy atom. The predicted octanol–water partition coefficient (Wildman–Crippen LogP) is 1.37. The molecule has 26 heavy (non-hydrogen) atoms. The van der Waals surface area contributed by atoms with E-state index in [1.807, 2.05) is 42.6 Å². The third-order valence-electron chi connectivity index (χ3n) is 4.80. The van der Waals surface area contributed by atoms with Gasteiger partial charge in [-0.25, -0.2) is 0 Å². The molecule has 7 nitrogen and oxygen atoms in total. The van der Waals surface area contributed by atoms with Gasteiger partial charge in [-0.1, -0.05) is 18.2 Å². The van der Waals surface area contributed by atoms with Crippen molar-refractivity contribution in [3.8, 4) is 5.75 Å². The van der Waals surface area contributed by atoms with Crippen LogP contribution in [0.15, 0.2) is 48.8 Å². The number of hydrogen-bond donors (Lipinski definition) is 0. The van der Waals surface area contributed by atoms with E-state index in [-0.39, 0.29) is 18.4 Å². The molecule has 1 aromatic carbocycles. The summed E-state index contributed by atoms with van der Waals surface area (Å²) in [6.07, 6.45) is 4.55. The number of ether oxygens (including phenoxy) is 1. The standard InChI is InChI=1S/C19H24N4O3/c1-21(2)18(25)19(23-12-6-11-20-23)9-13-22(14-10-19)17(24)15-26-16-7-4-3-5-8-16/h3-8,11-12H,9-10,13-15H2,1-2H3. The molecule has 3 rings (SSSR count). The van der Waals surface area contributed by atoms with Crippen LogP contribution in [0.2, 0.25) is 0 Å². The zero-order valence-electron chi connectivity index (χ0n) is 15.2. The average Bonchev–Trinajstić information content (AvgIpc) is 3.21. The molecule has 138 valence electrons. The van der Waals surface area contributed by atoms with Crippen molar-refractivity contribution in [3.05, 3.63) is 48.8 Å². The zero-order valence-corrected chi connectivity index (χ0v) is 15.2. The molecule has 1 fully saturated rings. The van der Waals surface area contributed by atoms with E-state index < -0.39 is 5.54 Å². The largest absolute Gasteiger partial charge is 0.484 e. The highest BCUT2D eigenvalue weighted by Gasteiger charge is 2.45. The summed E-state index contributed by atoms with van der Waals surface area (Å²) >= 11 is 0. The lowest BCUT2D eigenvalue weighted by Crippen LogP contribution is -2.56. The summed E-state index contributed by atoms with van der Waals surface area (Å²) in [5, 5.41) is 4.30. The maximum atomic E-state index is 12.8. The first-order valence-electron chi connectivity index (χ1n) is 8.70. The molecule has 0 spiro atoms. The Balaban J connectivity index is 1.64. The highest BCUT2D eigenvalue weighted by molar-refractivity contribution is 5.85. The number of hydrogen-bond acceptors (Lipinski definition) is 4. The molecular formula is C19H24N4O3. The van der Waals surface area contributed by atoms with E-state index in [2.05, 4.69) is 5.10 Å². The van der Waals surface area contributed by atoms with Crippen LogP contribution >= 0.6 is 0 Å². The van der Waals surface area contributed by atoms with E-state index in [1.54, 1.807) is 34.8 Å². The van der Waals surface area contributed by atoms with Gasteiger partial charge in [-0.15, -0.1) is 0 Å². The van der Waals surface area contributed by atoms with Crippen molar-refractivity contribution in [2.75, 3.05) is 33.8 Å². The van der Waals surface area contributed by atoms with Gasteiger partial charge in [-0.05, 0) is 31.0 Å². The van der Waals surface area contributed by atoms with Gasteiger partial charge in [0, 0.05) is 39.6 Å². The fourth-order valence-corrected chi connectivity index (χ4v) is 3.36. The molecule has 1 aliphatic heterocycles. The van der Waals surface area contributed by atoms with E-state index in [9.17, 15) is 9.59 Å². The Morgan fingerprint density at radius 3 is 2.42 bits per heavy atom. The van der Waals surface area contributed by atoms with Gasteiger partial charge in [0.05, 0.1) is 0 Å². The van der Waals surface area contributed by atoms with Gasteiger partial charge in [-0.2, -0.15) is 5.10 Å². The Morgan fingerprint density at radius 2 is 1.85 bits per heavy atom. The summed E-state index contributed by atoms with van der Waals surface area (Å²) in [4.78, 5) is 28.7. The molecule has 0 aliphatic carbocycles. The number of nitrogens with zero attached hydrogens (tertiary/aromatic N) is 4. The van der Waals surface area contributed by atoms with Gasteiger partial charge in [0.2, 0.25) is 5.91 Å². The molecule has 0 N–H and O–H groups in total. The normalized spacial score (nSPS) is 16.2. The van der Waals surface area contributed by atoms with Crippen LogP contribution in [0.3, 0.4) is 0 Å². The molecule has 0 bridgehead atoms. The fraction of sp³-hybridized carbons (Fsp3) is 0.421. The van der Waals surface area contributed by atoms with E-state index in [0.29, 0.717) is 31.7 Å². The SMILES string of the molecule is CN(C)C(=O)C1(n2cccn2)CCN(C(=O)COc2ccccc2)CC1. The number of likely N-dealkylation sites (N-methyl/N-ethyl adjacent to an activating group) is 1. The van der Waals surface area contributed by atoms with E-state index in [4.69, 9.17) is 4.74 Å². The van der Waals surface area contributed by atoms with Gasteiger partial charge in [0.1, 0.15) is 11.3 Å². The van der Waals surface area contributed by atoms with Gasteiger partial charge >= 0.3 is 0 Å². The Labute approximate surface area is 153 Å². The van der Waals surface area contributed by atoms with Crippen LogP contribution < -0.4 is 4.74 Å². The maximum absolute atomic E-state index is 12.8. The molecule has 7 heteroatoms. The van der Waals surface area contributed by atoms with Gasteiger partial charge in [0.15, 0.2) is 6.61 Å². The third kappa shape index (κ3) is 3.56. The van der Waals surface area contributed by atoms with Crippen molar-refractivity contribution in [1.82, 2.24) is 19.6 Å². The third-order valence-corrected chi connectivity index (χ3v) is 4.80. The molecule has 2 heterocycles. The van der Waals surface area contributed by atoms with Crippen molar-refractivity contribution in [1.29, 1.82) is 0 Å². The second kappa shape index (κ2) is 7.59. The second-order valence-corrected chi connectivity index (χ2v) is 6.66. The van der Waals surface area contributed by atoms with Crippen LogP contribution in [0.1, 0.15) is 12.8 Å². The molecule has 0 radical (unpaired) electrons. The Hall–Kier alpha value is -2.83. The van der Waals surface area contributed by atoms with E-state index in [0.717, 1.165) is 0 Å². The predicted molar refractivity (Wildman–Crippen MR) is 96.6 cm³/mol. The molecule has 2 aromatic rings. The summed E-state index contributed by atoms with van der Waals surface area (Å²) in [5.41, 5.74) is -0.732. The molecule has 1 aliphatic rings. The number of rotatable bonds is 5. The van der Waals surface area contributed by atoms with Crippen LogP contribution in [-0.2, 0) is 15.1 Å². The quantitative estimate of drug-likeness (QED) is 0.811. The summed E-state index contributed by atoms with van der Waals surface area (Å²) in [6, 6.07) is 11.1. The zero-order chi connectivity index (χ0) is 18.6. The summed E-state index contributed by atoms with van der Waals surface area (Å²) < 4.78 is 7.28. The number of carbonyl (C=O) groups is 2. The number of piperidine rings is 1. The van der Waals surface area contributed by atoms with Gasteiger partial charge < -0.3 is 14.5 Å².